The van der Waals surface area contributed by atoms with Crippen molar-refractivity contribution in [3.8, 4) is 5.69 Å². The van der Waals surface area contributed by atoms with E-state index in [0.717, 1.165) is 49.3 Å². The van der Waals surface area contributed by atoms with E-state index in [9.17, 15) is 4.79 Å². The third-order valence-corrected chi connectivity index (χ3v) is 4.90. The highest BCUT2D eigenvalue weighted by atomic mass is 35.5. The number of rotatable bonds is 4. The SMILES string of the molecule is CN(C(=O)c1cnn(-c2ccccc2)c1C1CC1)C1CCNC1.Cl. The molecule has 1 saturated carbocycles. The summed E-state index contributed by atoms with van der Waals surface area (Å²) in [5.74, 6) is 0.564. The van der Waals surface area contributed by atoms with E-state index in [1.807, 2.05) is 47.0 Å². The van der Waals surface area contributed by atoms with Crippen molar-refractivity contribution in [2.75, 3.05) is 20.1 Å². The quantitative estimate of drug-likeness (QED) is 0.925. The molecule has 1 saturated heterocycles. The molecule has 1 aromatic carbocycles. The second-order valence-electron chi connectivity index (χ2n) is 6.53. The lowest BCUT2D eigenvalue weighted by Gasteiger charge is -2.24. The lowest BCUT2D eigenvalue weighted by molar-refractivity contribution is 0.0742. The molecule has 4 rings (SSSR count). The van der Waals surface area contributed by atoms with Crippen LogP contribution in [-0.2, 0) is 0 Å². The van der Waals surface area contributed by atoms with Gasteiger partial charge in [0.15, 0.2) is 0 Å². The minimum absolute atomic E-state index is 0. The predicted octanol–water partition coefficient (Wildman–Crippen LogP) is 2.61. The van der Waals surface area contributed by atoms with E-state index in [2.05, 4.69) is 10.4 Å². The van der Waals surface area contributed by atoms with Crippen molar-refractivity contribution < 1.29 is 4.79 Å². The van der Waals surface area contributed by atoms with Crippen molar-refractivity contribution in [1.82, 2.24) is 20.0 Å². The Morgan fingerprint density at radius 1 is 1.25 bits per heavy atom. The number of hydrogen-bond acceptors (Lipinski definition) is 3. The normalized spacial score (nSPS) is 19.8. The smallest absolute Gasteiger partial charge is 0.257 e. The summed E-state index contributed by atoms with van der Waals surface area (Å²) in [5, 5.41) is 7.86. The number of amides is 1. The maximum Gasteiger partial charge on any atom is 0.257 e. The monoisotopic (exact) mass is 346 g/mol. The van der Waals surface area contributed by atoms with E-state index in [4.69, 9.17) is 0 Å². The fraction of sp³-hybridized carbons (Fsp3) is 0.444. The number of hydrogen-bond donors (Lipinski definition) is 1. The van der Waals surface area contributed by atoms with Gasteiger partial charge in [-0.05, 0) is 37.9 Å². The fourth-order valence-corrected chi connectivity index (χ4v) is 3.37. The summed E-state index contributed by atoms with van der Waals surface area (Å²) in [6.07, 6.45) is 5.07. The van der Waals surface area contributed by atoms with Gasteiger partial charge in [0.25, 0.3) is 5.91 Å². The molecule has 2 heterocycles. The van der Waals surface area contributed by atoms with Crippen molar-refractivity contribution in [2.24, 2.45) is 0 Å². The summed E-state index contributed by atoms with van der Waals surface area (Å²) in [7, 11) is 1.91. The molecule has 5 nitrogen and oxygen atoms in total. The Hall–Kier alpha value is -1.85. The van der Waals surface area contributed by atoms with E-state index in [-0.39, 0.29) is 24.4 Å². The zero-order chi connectivity index (χ0) is 15.8. The molecule has 1 aliphatic carbocycles. The van der Waals surface area contributed by atoms with Crippen LogP contribution in [0.4, 0.5) is 0 Å². The number of carbonyl (C=O) groups is 1. The van der Waals surface area contributed by atoms with E-state index in [1.165, 1.54) is 0 Å². The van der Waals surface area contributed by atoms with Gasteiger partial charge in [-0.15, -0.1) is 12.4 Å². The van der Waals surface area contributed by atoms with Crippen LogP contribution in [0.1, 0.15) is 41.2 Å². The topological polar surface area (TPSA) is 50.2 Å². The molecule has 24 heavy (non-hydrogen) atoms. The minimum atomic E-state index is 0. The molecule has 1 unspecified atom stereocenters. The Morgan fingerprint density at radius 2 is 2.00 bits per heavy atom. The number of likely N-dealkylation sites (N-methyl/N-ethyl adjacent to an activating group) is 1. The molecule has 1 amide bonds. The Morgan fingerprint density at radius 3 is 2.62 bits per heavy atom. The fourth-order valence-electron chi connectivity index (χ4n) is 3.37. The molecule has 1 N–H and O–H groups in total. The zero-order valence-corrected chi connectivity index (χ0v) is 14.6. The van der Waals surface area contributed by atoms with Crippen molar-refractivity contribution >= 4 is 18.3 Å². The van der Waals surface area contributed by atoms with Gasteiger partial charge in [-0.25, -0.2) is 4.68 Å². The molecule has 1 aromatic heterocycles. The summed E-state index contributed by atoms with van der Waals surface area (Å²) < 4.78 is 1.95. The number of halogens is 1. The van der Waals surface area contributed by atoms with Gasteiger partial charge in [-0.2, -0.15) is 5.10 Å². The van der Waals surface area contributed by atoms with E-state index in [1.54, 1.807) is 6.20 Å². The maximum absolute atomic E-state index is 13.0. The molecule has 0 radical (unpaired) electrons. The summed E-state index contributed by atoms with van der Waals surface area (Å²) in [4.78, 5) is 14.9. The van der Waals surface area contributed by atoms with Gasteiger partial charge in [0.1, 0.15) is 0 Å². The highest BCUT2D eigenvalue weighted by molar-refractivity contribution is 5.95. The third-order valence-electron chi connectivity index (χ3n) is 4.90. The molecule has 1 aliphatic heterocycles. The Labute approximate surface area is 148 Å². The summed E-state index contributed by atoms with van der Waals surface area (Å²) in [5.41, 5.74) is 2.88. The predicted molar refractivity (Wildman–Crippen MR) is 96.2 cm³/mol. The third kappa shape index (κ3) is 3.06. The van der Waals surface area contributed by atoms with Gasteiger partial charge in [0, 0.05) is 25.6 Å². The minimum Gasteiger partial charge on any atom is -0.337 e. The summed E-state index contributed by atoms with van der Waals surface area (Å²) in [6, 6.07) is 10.4. The molecular weight excluding hydrogens is 324 g/mol. The van der Waals surface area contributed by atoms with Gasteiger partial charge in [-0.1, -0.05) is 18.2 Å². The van der Waals surface area contributed by atoms with E-state index < -0.39 is 0 Å². The number of benzene rings is 1. The van der Waals surface area contributed by atoms with Gasteiger partial charge in [0.05, 0.1) is 23.1 Å². The van der Waals surface area contributed by atoms with Crippen molar-refractivity contribution in [3.63, 3.8) is 0 Å². The first-order valence-electron chi connectivity index (χ1n) is 8.37. The molecule has 128 valence electrons. The van der Waals surface area contributed by atoms with Gasteiger partial charge >= 0.3 is 0 Å². The first-order chi connectivity index (χ1) is 11.3. The van der Waals surface area contributed by atoms with Gasteiger partial charge in [-0.3, -0.25) is 4.79 Å². The average Bonchev–Trinajstić information content (AvgIpc) is 3.12. The molecule has 1 atom stereocenters. The number of nitrogens with zero attached hydrogens (tertiary/aromatic N) is 3. The molecule has 2 aromatic rings. The van der Waals surface area contributed by atoms with Crippen LogP contribution in [0.25, 0.3) is 5.69 Å². The van der Waals surface area contributed by atoms with Crippen LogP contribution in [0.2, 0.25) is 0 Å². The van der Waals surface area contributed by atoms with Crippen LogP contribution in [0.15, 0.2) is 36.5 Å². The van der Waals surface area contributed by atoms with Crippen molar-refractivity contribution in [3.05, 3.63) is 47.8 Å². The van der Waals surface area contributed by atoms with Gasteiger partial charge < -0.3 is 10.2 Å². The van der Waals surface area contributed by atoms with Crippen LogP contribution in [-0.4, -0.2) is 46.8 Å². The Bertz CT molecular complexity index is 705. The molecule has 2 fully saturated rings. The van der Waals surface area contributed by atoms with Crippen LogP contribution in [0.5, 0.6) is 0 Å². The molecule has 2 aliphatic rings. The van der Waals surface area contributed by atoms with Crippen LogP contribution < -0.4 is 5.32 Å². The molecule has 0 bridgehead atoms. The van der Waals surface area contributed by atoms with Crippen LogP contribution >= 0.6 is 12.4 Å². The number of carbonyl (C=O) groups excluding carboxylic acids is 1. The number of nitrogens with one attached hydrogen (secondary N) is 1. The zero-order valence-electron chi connectivity index (χ0n) is 13.8. The number of aromatic nitrogens is 2. The Balaban J connectivity index is 0.00000169. The first kappa shape index (κ1) is 17.0. The highest BCUT2D eigenvalue weighted by Gasteiger charge is 2.35. The molecule has 6 heteroatoms. The lowest BCUT2D eigenvalue weighted by atomic mass is 10.1. The van der Waals surface area contributed by atoms with Crippen molar-refractivity contribution in [1.29, 1.82) is 0 Å². The second kappa shape index (κ2) is 6.95. The maximum atomic E-state index is 13.0. The standard InChI is InChI=1S/C18H22N4O.ClH/c1-21(15-9-10-19-11-15)18(23)16-12-20-22(17(16)13-7-8-13)14-5-3-2-4-6-14;/h2-6,12-13,15,19H,7-11H2,1H3;1H. The highest BCUT2D eigenvalue weighted by Crippen LogP contribution is 2.42. The lowest BCUT2D eigenvalue weighted by Crippen LogP contribution is -2.38. The molecule has 0 spiro atoms. The van der Waals surface area contributed by atoms with Crippen LogP contribution in [0.3, 0.4) is 0 Å². The van der Waals surface area contributed by atoms with Crippen molar-refractivity contribution in [2.45, 2.75) is 31.2 Å². The van der Waals surface area contributed by atoms with Gasteiger partial charge in [0.2, 0.25) is 0 Å². The Kier molecular flexibility index (Phi) is 4.92. The van der Waals surface area contributed by atoms with E-state index in [0.29, 0.717) is 5.92 Å². The number of para-hydroxylation sites is 1. The summed E-state index contributed by atoms with van der Waals surface area (Å²) in [6.45, 7) is 1.87. The largest absolute Gasteiger partial charge is 0.337 e. The second-order valence-corrected chi connectivity index (χ2v) is 6.53. The van der Waals surface area contributed by atoms with E-state index >= 15 is 0 Å². The van der Waals surface area contributed by atoms with Crippen LogP contribution in [0, 0.1) is 0 Å². The first-order valence-corrected chi connectivity index (χ1v) is 8.37. The average molecular weight is 347 g/mol. The molecular formula is C18H23ClN4O. The summed E-state index contributed by atoms with van der Waals surface area (Å²) >= 11 is 0.